The molecule has 5 rings (SSSR count). The molecule has 0 fully saturated rings. The number of pyridine rings is 1. The minimum absolute atomic E-state index is 0.126. The number of hydrogen-bond acceptors (Lipinski definition) is 3. The van der Waals surface area contributed by atoms with Gasteiger partial charge in [0.2, 0.25) is 0 Å². The number of aromatic amines is 1. The number of fused-ring (bicyclic) bond motifs is 3. The molecular weight excluding hydrogens is 421 g/mol. The second-order valence-electron chi connectivity index (χ2n) is 7.28. The van der Waals surface area contributed by atoms with E-state index < -0.39 is 0 Å². The van der Waals surface area contributed by atoms with Crippen molar-refractivity contribution in [3.05, 3.63) is 68.9 Å². The van der Waals surface area contributed by atoms with Gasteiger partial charge >= 0.3 is 0 Å². The summed E-state index contributed by atoms with van der Waals surface area (Å²) in [7, 11) is 3.72. The lowest BCUT2D eigenvalue weighted by atomic mass is 10.0. The van der Waals surface area contributed by atoms with Crippen molar-refractivity contribution in [1.29, 1.82) is 0 Å². The molecule has 3 heterocycles. The molecule has 3 aromatic heterocycles. The molecule has 8 heteroatoms. The number of anilines is 1. The third-order valence-electron chi connectivity index (χ3n) is 5.48. The van der Waals surface area contributed by atoms with E-state index in [0.717, 1.165) is 33.2 Å². The molecule has 0 radical (unpaired) electrons. The van der Waals surface area contributed by atoms with Gasteiger partial charge in [0.15, 0.2) is 0 Å². The Morgan fingerprint density at radius 2 is 1.73 bits per heavy atom. The number of aromatic nitrogens is 4. The van der Waals surface area contributed by atoms with Crippen LogP contribution in [0.15, 0.2) is 53.3 Å². The summed E-state index contributed by atoms with van der Waals surface area (Å²) in [5, 5.41) is 9.88. The summed E-state index contributed by atoms with van der Waals surface area (Å²) >= 11 is 12.5. The third-order valence-corrected chi connectivity index (χ3v) is 6.03. The molecule has 150 valence electrons. The largest absolute Gasteiger partial charge is 0.382 e. The number of rotatable bonds is 2. The number of halogens is 2. The van der Waals surface area contributed by atoms with E-state index in [0.29, 0.717) is 27.0 Å². The summed E-state index contributed by atoms with van der Waals surface area (Å²) in [6, 6.07) is 15.0. The van der Waals surface area contributed by atoms with Crippen LogP contribution in [-0.2, 0) is 14.1 Å². The summed E-state index contributed by atoms with van der Waals surface area (Å²) in [5.41, 5.74) is 10.4. The van der Waals surface area contributed by atoms with Crippen molar-refractivity contribution in [3.63, 3.8) is 0 Å². The average Bonchev–Trinajstić information content (AvgIpc) is 3.26. The second kappa shape index (κ2) is 6.65. The quantitative estimate of drug-likeness (QED) is 0.408. The molecule has 0 amide bonds. The maximum Gasteiger partial charge on any atom is 0.259 e. The van der Waals surface area contributed by atoms with Crippen LogP contribution in [0.3, 0.4) is 0 Å². The zero-order chi connectivity index (χ0) is 21.2. The maximum absolute atomic E-state index is 13.2. The van der Waals surface area contributed by atoms with Crippen LogP contribution in [0.2, 0.25) is 10.0 Å². The number of nitrogens with zero attached hydrogens (tertiary/aromatic N) is 3. The fraction of sp³-hybridized carbons (Fsp3) is 0.0909. The second-order valence-corrected chi connectivity index (χ2v) is 8.12. The van der Waals surface area contributed by atoms with Crippen molar-refractivity contribution in [2.24, 2.45) is 14.1 Å². The van der Waals surface area contributed by atoms with Crippen LogP contribution < -0.4 is 11.3 Å². The predicted octanol–water partition coefficient (Wildman–Crippen LogP) is 4.98. The summed E-state index contributed by atoms with van der Waals surface area (Å²) in [6.45, 7) is 0. The van der Waals surface area contributed by atoms with E-state index >= 15 is 0 Å². The fourth-order valence-corrected chi connectivity index (χ4v) is 4.55. The number of benzene rings is 2. The van der Waals surface area contributed by atoms with E-state index in [9.17, 15) is 4.79 Å². The van der Waals surface area contributed by atoms with Crippen LogP contribution in [0.1, 0.15) is 0 Å². The average molecular weight is 438 g/mol. The predicted molar refractivity (Wildman–Crippen MR) is 123 cm³/mol. The minimum Gasteiger partial charge on any atom is -0.382 e. The van der Waals surface area contributed by atoms with Crippen molar-refractivity contribution >= 4 is 51.0 Å². The first-order valence-electron chi connectivity index (χ1n) is 9.24. The van der Waals surface area contributed by atoms with Crippen LogP contribution in [0, 0.1) is 0 Å². The number of H-pyrrole nitrogens is 1. The molecule has 0 aliphatic heterocycles. The highest BCUT2D eigenvalue weighted by Crippen LogP contribution is 2.35. The molecule has 0 unspecified atom stereocenters. The van der Waals surface area contributed by atoms with Crippen LogP contribution in [-0.4, -0.2) is 19.3 Å². The van der Waals surface area contributed by atoms with Crippen molar-refractivity contribution < 1.29 is 0 Å². The third kappa shape index (κ3) is 2.72. The zero-order valence-electron chi connectivity index (χ0n) is 16.2. The van der Waals surface area contributed by atoms with Gasteiger partial charge in [0.1, 0.15) is 11.5 Å². The molecule has 0 spiro atoms. The van der Waals surface area contributed by atoms with Crippen LogP contribution in [0.25, 0.3) is 44.3 Å². The summed E-state index contributed by atoms with van der Waals surface area (Å²) < 4.78 is 3.67. The molecule has 3 N–H and O–H groups in total. The number of aryl methyl sites for hydroxylation is 2. The van der Waals surface area contributed by atoms with Crippen LogP contribution in [0.4, 0.5) is 5.82 Å². The van der Waals surface area contributed by atoms with E-state index in [1.54, 1.807) is 35.9 Å². The summed E-state index contributed by atoms with van der Waals surface area (Å²) in [6.07, 6.45) is 0. The molecule has 0 bridgehead atoms. The van der Waals surface area contributed by atoms with Crippen molar-refractivity contribution in [3.8, 4) is 22.4 Å². The fourth-order valence-electron chi connectivity index (χ4n) is 4.04. The standard InChI is InChI=1S/C22H17Cl2N5O/c1-28-19-6-3-11(18-10-20(25)27-26-18)7-14(19)15-9-16(22(30)29(2)21(15)28)13-5-4-12(23)8-17(13)24/h3-10H,1-2H3,(H3,25,26,27). The number of nitrogens with two attached hydrogens (primary N) is 1. The molecule has 30 heavy (non-hydrogen) atoms. The topological polar surface area (TPSA) is 81.6 Å². The normalized spacial score (nSPS) is 11.6. The zero-order valence-corrected chi connectivity index (χ0v) is 17.7. The number of nitrogens with one attached hydrogen (secondary N) is 1. The number of nitrogen functional groups attached to an aromatic ring is 1. The Kier molecular flexibility index (Phi) is 4.17. The maximum atomic E-state index is 13.2. The summed E-state index contributed by atoms with van der Waals surface area (Å²) in [4.78, 5) is 13.2. The molecule has 0 saturated heterocycles. The lowest BCUT2D eigenvalue weighted by molar-refractivity contribution is 0.846. The van der Waals surface area contributed by atoms with Crippen molar-refractivity contribution in [2.45, 2.75) is 0 Å². The van der Waals surface area contributed by atoms with Crippen LogP contribution in [0.5, 0.6) is 0 Å². The van der Waals surface area contributed by atoms with Crippen molar-refractivity contribution in [1.82, 2.24) is 19.3 Å². The van der Waals surface area contributed by atoms with Gasteiger partial charge in [0.05, 0.1) is 16.2 Å². The first-order chi connectivity index (χ1) is 14.3. The molecule has 2 aromatic carbocycles. The molecule has 0 saturated carbocycles. The van der Waals surface area contributed by atoms with Gasteiger partial charge in [0, 0.05) is 52.6 Å². The van der Waals surface area contributed by atoms with Gasteiger partial charge in [-0.1, -0.05) is 35.3 Å². The lowest BCUT2D eigenvalue weighted by Crippen LogP contribution is -2.20. The Hall–Kier alpha value is -3.22. The van der Waals surface area contributed by atoms with E-state index in [4.69, 9.17) is 28.9 Å². The minimum atomic E-state index is -0.126. The Balaban J connectivity index is 1.85. The monoisotopic (exact) mass is 437 g/mol. The van der Waals surface area contributed by atoms with E-state index in [2.05, 4.69) is 16.3 Å². The highest BCUT2D eigenvalue weighted by molar-refractivity contribution is 6.36. The molecule has 6 nitrogen and oxygen atoms in total. The number of hydrogen-bond donors (Lipinski definition) is 2. The van der Waals surface area contributed by atoms with E-state index in [1.807, 2.05) is 29.8 Å². The Morgan fingerprint density at radius 3 is 2.43 bits per heavy atom. The van der Waals surface area contributed by atoms with Gasteiger partial charge < -0.3 is 10.3 Å². The highest BCUT2D eigenvalue weighted by atomic mass is 35.5. The van der Waals surface area contributed by atoms with E-state index in [-0.39, 0.29) is 5.56 Å². The molecule has 5 aromatic rings. The Bertz CT molecular complexity index is 1530. The van der Waals surface area contributed by atoms with E-state index in [1.165, 1.54) is 0 Å². The van der Waals surface area contributed by atoms with Crippen molar-refractivity contribution in [2.75, 3.05) is 5.73 Å². The first kappa shape index (κ1) is 18.8. The Morgan fingerprint density at radius 1 is 0.933 bits per heavy atom. The molecule has 0 aliphatic carbocycles. The smallest absolute Gasteiger partial charge is 0.259 e. The van der Waals surface area contributed by atoms with Crippen LogP contribution >= 0.6 is 23.2 Å². The molecule has 0 aliphatic rings. The van der Waals surface area contributed by atoms with Gasteiger partial charge in [-0.3, -0.25) is 14.5 Å². The van der Waals surface area contributed by atoms with Gasteiger partial charge in [-0.05, 0) is 30.3 Å². The van der Waals surface area contributed by atoms with Gasteiger partial charge in [0.25, 0.3) is 5.56 Å². The SMILES string of the molecule is Cn1c(=O)c(-c2ccc(Cl)cc2Cl)cc2c3cc(-c4cc(N)n[nH]4)ccc3n(C)c21. The Labute approximate surface area is 181 Å². The molecule has 0 atom stereocenters. The first-order valence-corrected chi connectivity index (χ1v) is 9.99. The van der Waals surface area contributed by atoms with Gasteiger partial charge in [-0.2, -0.15) is 5.10 Å². The van der Waals surface area contributed by atoms with Gasteiger partial charge in [-0.15, -0.1) is 0 Å². The molecular formula is C22H17Cl2N5O. The lowest BCUT2D eigenvalue weighted by Gasteiger charge is -2.09. The highest BCUT2D eigenvalue weighted by Gasteiger charge is 2.18. The summed E-state index contributed by atoms with van der Waals surface area (Å²) in [5.74, 6) is 0.435. The van der Waals surface area contributed by atoms with Gasteiger partial charge in [-0.25, -0.2) is 0 Å².